The van der Waals surface area contributed by atoms with Gasteiger partial charge in [0, 0.05) is 5.56 Å². The van der Waals surface area contributed by atoms with E-state index < -0.39 is 0 Å². The van der Waals surface area contributed by atoms with Gasteiger partial charge in [0.15, 0.2) is 6.20 Å². The van der Waals surface area contributed by atoms with Gasteiger partial charge in [0.2, 0.25) is 18.5 Å². The van der Waals surface area contributed by atoms with Crippen LogP contribution >= 0.6 is 0 Å². The Kier molecular flexibility index (Phi) is 4.29. The van der Waals surface area contributed by atoms with Crippen LogP contribution in [0.3, 0.4) is 0 Å². The second-order valence-electron chi connectivity index (χ2n) is 4.95. The molecule has 0 spiro atoms. The molecule has 0 bridgehead atoms. The first-order chi connectivity index (χ1) is 11.2. The van der Waals surface area contributed by atoms with Crippen molar-refractivity contribution < 1.29 is 19.2 Å². The van der Waals surface area contributed by atoms with Gasteiger partial charge in [-0.1, -0.05) is 30.3 Å². The van der Waals surface area contributed by atoms with Crippen LogP contribution in [0.5, 0.6) is 17.4 Å². The maximum Gasteiger partial charge on any atom is 0.285 e. The predicted octanol–water partition coefficient (Wildman–Crippen LogP) is 2.75. The first kappa shape index (κ1) is 14.7. The molecule has 0 radical (unpaired) electrons. The van der Waals surface area contributed by atoms with Gasteiger partial charge in [-0.25, -0.2) is 4.98 Å². The standard InChI is InChI=1S/C18H14N2O3/c21-15-6-8-16(9-7-15)23-18-13-20(11-10-19-18)12-17(22)14-4-2-1-3-5-14/h1-11,13H,12H2/p+1. The molecule has 5 heteroatoms. The summed E-state index contributed by atoms with van der Waals surface area (Å²) in [6.07, 6.45) is 4.95. The zero-order valence-corrected chi connectivity index (χ0v) is 12.3. The molecule has 114 valence electrons. The summed E-state index contributed by atoms with van der Waals surface area (Å²) in [7, 11) is 0. The third kappa shape index (κ3) is 3.91. The number of ketones is 1. The molecule has 5 nitrogen and oxygen atoms in total. The summed E-state index contributed by atoms with van der Waals surface area (Å²) in [5.41, 5.74) is 0.665. The molecule has 0 fully saturated rings. The molecule has 0 aliphatic heterocycles. The van der Waals surface area contributed by atoms with E-state index >= 15 is 0 Å². The highest BCUT2D eigenvalue weighted by atomic mass is 16.5. The monoisotopic (exact) mass is 307 g/mol. The van der Waals surface area contributed by atoms with E-state index in [1.165, 1.54) is 12.1 Å². The van der Waals surface area contributed by atoms with Gasteiger partial charge in [0.25, 0.3) is 5.88 Å². The Hall–Kier alpha value is -3.21. The van der Waals surface area contributed by atoms with Gasteiger partial charge >= 0.3 is 0 Å². The van der Waals surface area contributed by atoms with Crippen molar-refractivity contribution in [2.75, 3.05) is 0 Å². The van der Waals surface area contributed by atoms with Crippen molar-refractivity contribution in [1.29, 1.82) is 0 Å². The molecule has 1 heterocycles. The van der Waals surface area contributed by atoms with Crippen molar-refractivity contribution in [3.8, 4) is 17.4 Å². The summed E-state index contributed by atoms with van der Waals surface area (Å²) in [6.45, 7) is 0.207. The van der Waals surface area contributed by atoms with Crippen LogP contribution in [-0.4, -0.2) is 15.9 Å². The number of phenolic OH excluding ortho intramolecular Hbond substituents is 1. The first-order valence-electron chi connectivity index (χ1n) is 7.11. The van der Waals surface area contributed by atoms with Crippen molar-refractivity contribution in [3.05, 3.63) is 78.8 Å². The molecule has 1 N–H and O–H groups in total. The van der Waals surface area contributed by atoms with E-state index in [0.717, 1.165) is 0 Å². The molecule has 0 unspecified atom stereocenters. The number of phenols is 1. The van der Waals surface area contributed by atoms with Gasteiger partial charge in [-0.15, -0.1) is 0 Å². The minimum absolute atomic E-state index is 0.0115. The zero-order valence-electron chi connectivity index (χ0n) is 12.3. The van der Waals surface area contributed by atoms with Crippen LogP contribution in [-0.2, 0) is 6.54 Å². The Morgan fingerprint density at radius 2 is 1.83 bits per heavy atom. The van der Waals surface area contributed by atoms with E-state index in [4.69, 9.17) is 4.74 Å². The summed E-state index contributed by atoms with van der Waals surface area (Å²) in [5, 5.41) is 9.26. The third-order valence-corrected chi connectivity index (χ3v) is 3.22. The number of aromatic nitrogens is 2. The molecule has 2 aromatic carbocycles. The number of nitrogens with zero attached hydrogens (tertiary/aromatic N) is 2. The lowest BCUT2D eigenvalue weighted by molar-refractivity contribution is -0.683. The normalized spacial score (nSPS) is 10.3. The van der Waals surface area contributed by atoms with Gasteiger partial charge in [0.05, 0.1) is 6.20 Å². The number of hydrogen-bond donors (Lipinski definition) is 1. The third-order valence-electron chi connectivity index (χ3n) is 3.22. The molecule has 0 saturated carbocycles. The molecule has 23 heavy (non-hydrogen) atoms. The number of Topliss-reactive ketones (excluding diaryl/α,β-unsaturated/α-hetero) is 1. The Labute approximate surface area is 133 Å². The van der Waals surface area contributed by atoms with Gasteiger partial charge in [-0.2, -0.15) is 4.57 Å². The van der Waals surface area contributed by atoms with E-state index in [0.29, 0.717) is 17.2 Å². The minimum Gasteiger partial charge on any atom is -0.508 e. The summed E-state index contributed by atoms with van der Waals surface area (Å²) in [4.78, 5) is 16.3. The number of carbonyl (C=O) groups is 1. The van der Waals surface area contributed by atoms with Crippen LogP contribution in [0.2, 0.25) is 0 Å². The molecule has 0 saturated heterocycles. The number of rotatable bonds is 5. The summed E-state index contributed by atoms with van der Waals surface area (Å²) in [5.74, 6) is 1.11. The fourth-order valence-corrected chi connectivity index (χ4v) is 2.08. The molecular weight excluding hydrogens is 292 g/mol. The van der Waals surface area contributed by atoms with Crippen molar-refractivity contribution in [2.24, 2.45) is 0 Å². The van der Waals surface area contributed by atoms with E-state index in [1.807, 2.05) is 18.2 Å². The maximum atomic E-state index is 12.2. The highest BCUT2D eigenvalue weighted by Crippen LogP contribution is 2.20. The molecule has 0 amide bonds. The fourth-order valence-electron chi connectivity index (χ4n) is 2.08. The van der Waals surface area contributed by atoms with Crippen LogP contribution in [0, 0.1) is 0 Å². The Bertz CT molecular complexity index is 802. The summed E-state index contributed by atoms with van der Waals surface area (Å²) < 4.78 is 7.33. The van der Waals surface area contributed by atoms with Crippen LogP contribution < -0.4 is 9.30 Å². The average Bonchev–Trinajstić information content (AvgIpc) is 2.58. The van der Waals surface area contributed by atoms with Crippen LogP contribution in [0.4, 0.5) is 0 Å². The fraction of sp³-hybridized carbons (Fsp3) is 0.0556. The van der Waals surface area contributed by atoms with E-state index in [9.17, 15) is 9.90 Å². The second kappa shape index (κ2) is 6.70. The van der Waals surface area contributed by atoms with Gasteiger partial charge in [-0.3, -0.25) is 4.79 Å². The number of benzene rings is 2. The van der Waals surface area contributed by atoms with Gasteiger partial charge < -0.3 is 9.84 Å². The topological polar surface area (TPSA) is 63.3 Å². The maximum absolute atomic E-state index is 12.2. The van der Waals surface area contributed by atoms with E-state index in [2.05, 4.69) is 4.98 Å². The zero-order chi connectivity index (χ0) is 16.1. The van der Waals surface area contributed by atoms with Crippen LogP contribution in [0.15, 0.2) is 73.2 Å². The van der Waals surface area contributed by atoms with Crippen LogP contribution in [0.25, 0.3) is 0 Å². The van der Waals surface area contributed by atoms with Gasteiger partial charge in [0.1, 0.15) is 11.5 Å². The summed E-state index contributed by atoms with van der Waals surface area (Å²) >= 11 is 0. The number of ether oxygens (including phenoxy) is 1. The predicted molar refractivity (Wildman–Crippen MR) is 83.4 cm³/mol. The Morgan fingerprint density at radius 3 is 2.57 bits per heavy atom. The SMILES string of the molecule is O=C(C[n+]1ccnc(Oc2ccc(O)cc2)c1)c1ccccc1. The number of carbonyl (C=O) groups excluding carboxylic acids is 1. The Balaban J connectivity index is 1.72. The lowest BCUT2D eigenvalue weighted by Crippen LogP contribution is -2.37. The lowest BCUT2D eigenvalue weighted by Gasteiger charge is -2.03. The minimum atomic E-state index is 0.0115. The Morgan fingerprint density at radius 1 is 1.09 bits per heavy atom. The molecule has 0 aliphatic rings. The van der Waals surface area contributed by atoms with Crippen molar-refractivity contribution >= 4 is 5.78 Å². The number of hydrogen-bond acceptors (Lipinski definition) is 4. The molecule has 0 atom stereocenters. The number of aromatic hydroxyl groups is 1. The average molecular weight is 307 g/mol. The van der Waals surface area contributed by atoms with E-state index in [-0.39, 0.29) is 18.1 Å². The smallest absolute Gasteiger partial charge is 0.285 e. The van der Waals surface area contributed by atoms with Crippen LogP contribution in [0.1, 0.15) is 10.4 Å². The molecule has 1 aromatic heterocycles. The first-order valence-corrected chi connectivity index (χ1v) is 7.11. The molecule has 3 aromatic rings. The lowest BCUT2D eigenvalue weighted by atomic mass is 10.1. The summed E-state index contributed by atoms with van der Waals surface area (Å²) in [6, 6.07) is 15.5. The van der Waals surface area contributed by atoms with E-state index in [1.54, 1.807) is 47.4 Å². The largest absolute Gasteiger partial charge is 0.508 e. The molecule has 3 rings (SSSR count). The highest BCUT2D eigenvalue weighted by Gasteiger charge is 2.13. The van der Waals surface area contributed by atoms with Gasteiger partial charge in [-0.05, 0) is 24.3 Å². The molecule has 0 aliphatic carbocycles. The highest BCUT2D eigenvalue weighted by molar-refractivity contribution is 5.94. The van der Waals surface area contributed by atoms with Crippen molar-refractivity contribution in [1.82, 2.24) is 4.98 Å². The van der Waals surface area contributed by atoms with Crippen molar-refractivity contribution in [3.63, 3.8) is 0 Å². The second-order valence-corrected chi connectivity index (χ2v) is 4.95. The molecular formula is C18H15N2O3+. The van der Waals surface area contributed by atoms with Crippen molar-refractivity contribution in [2.45, 2.75) is 6.54 Å². The quantitative estimate of drug-likeness (QED) is 0.581.